The lowest BCUT2D eigenvalue weighted by Gasteiger charge is -2.09. The summed E-state index contributed by atoms with van der Waals surface area (Å²) in [5.41, 5.74) is 2.13. The van der Waals surface area contributed by atoms with Crippen LogP contribution in [0.15, 0.2) is 24.4 Å². The van der Waals surface area contributed by atoms with Crippen molar-refractivity contribution in [3.8, 4) is 17.0 Å². The van der Waals surface area contributed by atoms with E-state index in [-0.39, 0.29) is 12.5 Å². The quantitative estimate of drug-likeness (QED) is 0.835. The summed E-state index contributed by atoms with van der Waals surface area (Å²) >= 11 is 0. The molecule has 0 radical (unpaired) electrons. The lowest BCUT2D eigenvalue weighted by molar-refractivity contribution is -0.123. The molecular weight excluding hydrogens is 284 g/mol. The molecule has 2 N–H and O–H groups in total. The monoisotopic (exact) mass is 304 g/mol. The summed E-state index contributed by atoms with van der Waals surface area (Å²) in [5.74, 6) is 0.513. The van der Waals surface area contributed by atoms with Gasteiger partial charge in [0.15, 0.2) is 0 Å². The third kappa shape index (κ3) is 3.25. The molecule has 0 fully saturated rings. The van der Waals surface area contributed by atoms with Crippen molar-refractivity contribution in [2.75, 3.05) is 13.7 Å². The zero-order valence-electron chi connectivity index (χ0n) is 12.9. The summed E-state index contributed by atoms with van der Waals surface area (Å²) in [4.78, 5) is 11.6. The molecule has 0 aliphatic heterocycles. The fourth-order valence-electron chi connectivity index (χ4n) is 2.09. The molecule has 0 bridgehead atoms. The fraction of sp³-hybridized carbons (Fsp3) is 0.400. The van der Waals surface area contributed by atoms with Crippen molar-refractivity contribution < 1.29 is 14.6 Å². The second-order valence-electron chi connectivity index (χ2n) is 4.79. The average Bonchev–Trinajstić information content (AvgIpc) is 3.04. The van der Waals surface area contributed by atoms with E-state index in [2.05, 4.69) is 15.6 Å². The number of likely N-dealkylation sites (N-methyl/N-ethyl adjacent to an activating group) is 1. The second kappa shape index (κ2) is 7.04. The Morgan fingerprint density at radius 1 is 1.50 bits per heavy atom. The highest BCUT2D eigenvalue weighted by Crippen LogP contribution is 2.26. The van der Waals surface area contributed by atoms with Gasteiger partial charge < -0.3 is 15.2 Å². The molecule has 1 amide bonds. The van der Waals surface area contributed by atoms with Crippen LogP contribution in [0.4, 0.5) is 0 Å². The lowest BCUT2D eigenvalue weighted by Crippen LogP contribution is -2.28. The van der Waals surface area contributed by atoms with Gasteiger partial charge in [-0.1, -0.05) is 5.21 Å². The average molecular weight is 304 g/mol. The standard InChI is InChI=1S/C15H20N4O3/c1-4-22-14-6-5-11(7-12(14)9-20)13-8-19(18-17-13)10(2)15(21)16-3/h5-8,10,20H,4,9H2,1-3H3,(H,16,21). The van der Waals surface area contributed by atoms with Crippen molar-refractivity contribution in [1.29, 1.82) is 0 Å². The van der Waals surface area contributed by atoms with Crippen LogP contribution in [0, 0.1) is 0 Å². The van der Waals surface area contributed by atoms with Crippen molar-refractivity contribution in [1.82, 2.24) is 20.3 Å². The van der Waals surface area contributed by atoms with Crippen molar-refractivity contribution in [2.45, 2.75) is 26.5 Å². The Hall–Kier alpha value is -2.41. The zero-order chi connectivity index (χ0) is 16.1. The number of rotatable bonds is 6. The van der Waals surface area contributed by atoms with Gasteiger partial charge in [0.25, 0.3) is 0 Å². The normalized spacial score (nSPS) is 12.0. The number of aromatic nitrogens is 3. The highest BCUT2D eigenvalue weighted by atomic mass is 16.5. The number of aliphatic hydroxyl groups is 1. The first kappa shape index (κ1) is 16.0. The third-order valence-corrected chi connectivity index (χ3v) is 3.36. The number of ether oxygens (including phenoxy) is 1. The van der Waals surface area contributed by atoms with Crippen LogP contribution in [0.3, 0.4) is 0 Å². The molecule has 7 nitrogen and oxygen atoms in total. The number of nitrogens with zero attached hydrogens (tertiary/aromatic N) is 3. The molecule has 0 saturated carbocycles. The maximum Gasteiger partial charge on any atom is 0.244 e. The Labute approximate surface area is 128 Å². The van der Waals surface area contributed by atoms with E-state index in [0.717, 1.165) is 5.56 Å². The van der Waals surface area contributed by atoms with Gasteiger partial charge in [0.2, 0.25) is 5.91 Å². The first-order chi connectivity index (χ1) is 10.6. The number of nitrogens with one attached hydrogen (secondary N) is 1. The minimum Gasteiger partial charge on any atom is -0.494 e. The van der Waals surface area contributed by atoms with Crippen LogP contribution >= 0.6 is 0 Å². The molecule has 1 aromatic carbocycles. The van der Waals surface area contributed by atoms with Crippen molar-refractivity contribution in [3.63, 3.8) is 0 Å². The van der Waals surface area contributed by atoms with Crippen molar-refractivity contribution in [3.05, 3.63) is 30.0 Å². The highest BCUT2D eigenvalue weighted by molar-refractivity contribution is 5.79. The predicted molar refractivity (Wildman–Crippen MR) is 81.3 cm³/mol. The number of carbonyl (C=O) groups is 1. The maximum absolute atomic E-state index is 11.6. The van der Waals surface area contributed by atoms with Crippen LogP contribution in [0.2, 0.25) is 0 Å². The van der Waals surface area contributed by atoms with Gasteiger partial charge in [0, 0.05) is 18.2 Å². The summed E-state index contributed by atoms with van der Waals surface area (Å²) in [7, 11) is 1.58. The zero-order valence-corrected chi connectivity index (χ0v) is 12.9. The first-order valence-electron chi connectivity index (χ1n) is 7.11. The Balaban J connectivity index is 2.29. The minimum atomic E-state index is -0.439. The van der Waals surface area contributed by atoms with E-state index in [0.29, 0.717) is 23.6 Å². The molecule has 0 aliphatic carbocycles. The molecule has 0 saturated heterocycles. The molecule has 2 aromatic rings. The van der Waals surface area contributed by atoms with Gasteiger partial charge in [-0.15, -0.1) is 5.10 Å². The Bertz CT molecular complexity index is 654. The Morgan fingerprint density at radius 2 is 2.27 bits per heavy atom. The van der Waals surface area contributed by atoms with E-state index in [1.165, 1.54) is 4.68 Å². The number of amides is 1. The Kier molecular flexibility index (Phi) is 5.11. The topological polar surface area (TPSA) is 89.3 Å². The molecule has 1 aromatic heterocycles. The van der Waals surface area contributed by atoms with Crippen LogP contribution < -0.4 is 10.1 Å². The SMILES string of the molecule is CCOc1ccc(-c2cn(C(C)C(=O)NC)nn2)cc1CO. The molecular formula is C15H20N4O3. The van der Waals surface area contributed by atoms with Crippen molar-refractivity contribution in [2.24, 2.45) is 0 Å². The third-order valence-electron chi connectivity index (χ3n) is 3.36. The molecule has 118 valence electrons. The van der Waals surface area contributed by atoms with E-state index < -0.39 is 6.04 Å². The molecule has 1 unspecified atom stereocenters. The van der Waals surface area contributed by atoms with Crippen LogP contribution in [-0.2, 0) is 11.4 Å². The number of aliphatic hydroxyl groups excluding tert-OH is 1. The van der Waals surface area contributed by atoms with E-state index in [4.69, 9.17) is 4.74 Å². The maximum atomic E-state index is 11.6. The smallest absolute Gasteiger partial charge is 0.244 e. The molecule has 1 heterocycles. The van der Waals surface area contributed by atoms with Crippen molar-refractivity contribution >= 4 is 5.91 Å². The number of carbonyl (C=O) groups excluding carboxylic acids is 1. The number of hydrogen-bond acceptors (Lipinski definition) is 5. The van der Waals surface area contributed by atoms with Gasteiger partial charge in [0.1, 0.15) is 17.5 Å². The van der Waals surface area contributed by atoms with Gasteiger partial charge in [-0.05, 0) is 32.0 Å². The molecule has 7 heteroatoms. The molecule has 0 aliphatic rings. The van der Waals surface area contributed by atoms with Gasteiger partial charge in [-0.25, -0.2) is 4.68 Å². The van der Waals surface area contributed by atoms with Crippen LogP contribution in [0.5, 0.6) is 5.75 Å². The van der Waals surface area contributed by atoms with Crippen LogP contribution in [0.25, 0.3) is 11.3 Å². The molecule has 1 atom stereocenters. The van der Waals surface area contributed by atoms with E-state index in [1.807, 2.05) is 19.1 Å². The van der Waals surface area contributed by atoms with Crippen LogP contribution in [0.1, 0.15) is 25.5 Å². The van der Waals surface area contributed by atoms with Gasteiger partial charge in [-0.2, -0.15) is 0 Å². The molecule has 2 rings (SSSR count). The summed E-state index contributed by atoms with van der Waals surface area (Å²) in [5, 5.41) is 20.1. The fourth-order valence-corrected chi connectivity index (χ4v) is 2.09. The van der Waals surface area contributed by atoms with Gasteiger partial charge in [0.05, 0.1) is 19.4 Å². The lowest BCUT2D eigenvalue weighted by atomic mass is 10.1. The number of benzene rings is 1. The molecule has 22 heavy (non-hydrogen) atoms. The predicted octanol–water partition coefficient (Wildman–Crippen LogP) is 1.14. The van der Waals surface area contributed by atoms with Gasteiger partial charge in [-0.3, -0.25) is 4.79 Å². The summed E-state index contributed by atoms with van der Waals surface area (Å²) in [6.45, 7) is 4.05. The number of hydrogen-bond donors (Lipinski definition) is 2. The Morgan fingerprint density at radius 3 is 2.91 bits per heavy atom. The molecule has 0 spiro atoms. The minimum absolute atomic E-state index is 0.119. The van der Waals surface area contributed by atoms with Crippen LogP contribution in [-0.4, -0.2) is 39.7 Å². The van der Waals surface area contributed by atoms with E-state index >= 15 is 0 Å². The highest BCUT2D eigenvalue weighted by Gasteiger charge is 2.16. The largest absolute Gasteiger partial charge is 0.494 e. The summed E-state index contributed by atoms with van der Waals surface area (Å²) in [6.07, 6.45) is 1.71. The summed E-state index contributed by atoms with van der Waals surface area (Å²) in [6, 6.07) is 5.02. The van der Waals surface area contributed by atoms with E-state index in [1.54, 1.807) is 26.2 Å². The van der Waals surface area contributed by atoms with E-state index in [9.17, 15) is 9.90 Å². The first-order valence-corrected chi connectivity index (χ1v) is 7.11. The summed E-state index contributed by atoms with van der Waals surface area (Å²) < 4.78 is 6.96. The van der Waals surface area contributed by atoms with Gasteiger partial charge >= 0.3 is 0 Å². The second-order valence-corrected chi connectivity index (χ2v) is 4.79.